The minimum absolute atomic E-state index is 0.0285. The highest BCUT2D eigenvalue weighted by Gasteiger charge is 2.21. The van der Waals surface area contributed by atoms with Crippen molar-refractivity contribution in [2.75, 3.05) is 13.1 Å². The summed E-state index contributed by atoms with van der Waals surface area (Å²) in [5, 5.41) is 0. The van der Waals surface area contributed by atoms with E-state index in [9.17, 15) is 9.59 Å². The van der Waals surface area contributed by atoms with Crippen molar-refractivity contribution in [1.29, 1.82) is 0 Å². The number of aryl methyl sites for hydroxylation is 1. The fourth-order valence-corrected chi connectivity index (χ4v) is 2.84. The van der Waals surface area contributed by atoms with Crippen LogP contribution in [0.25, 0.3) is 0 Å². The van der Waals surface area contributed by atoms with E-state index in [0.717, 1.165) is 23.5 Å². The smallest absolute Gasteiger partial charge is 0.242 e. The third-order valence-electron chi connectivity index (χ3n) is 4.20. The predicted molar refractivity (Wildman–Crippen MR) is 106 cm³/mol. The van der Waals surface area contributed by atoms with E-state index in [1.165, 1.54) is 0 Å². The minimum atomic E-state index is -0.112. The van der Waals surface area contributed by atoms with Crippen LogP contribution < -0.4 is 0 Å². The van der Waals surface area contributed by atoms with Crippen LogP contribution in [0.1, 0.15) is 36.8 Å². The Morgan fingerprint density at radius 1 is 1.04 bits per heavy atom. The number of carbonyl (C=O) groups excluding carboxylic acids is 2. The van der Waals surface area contributed by atoms with Gasteiger partial charge in [0, 0.05) is 19.5 Å². The molecule has 0 aliphatic carbocycles. The van der Waals surface area contributed by atoms with Gasteiger partial charge in [0.15, 0.2) is 0 Å². The number of carbonyl (C=O) groups is 2. The average Bonchev–Trinajstić information content (AvgIpc) is 3.06. The molecule has 0 fully saturated rings. The zero-order chi connectivity index (χ0) is 19.6. The van der Waals surface area contributed by atoms with Crippen molar-refractivity contribution in [2.45, 2.75) is 39.8 Å². The lowest BCUT2D eigenvalue weighted by atomic mass is 10.2. The molecule has 0 atom stereocenters. The molecule has 1 heterocycles. The fraction of sp³-hybridized carbons (Fsp3) is 0.364. The van der Waals surface area contributed by atoms with Crippen LogP contribution >= 0.6 is 0 Å². The predicted octanol–water partition coefficient (Wildman–Crippen LogP) is 3.93. The third-order valence-corrected chi connectivity index (χ3v) is 4.20. The van der Waals surface area contributed by atoms with Crippen LogP contribution in [0.4, 0.5) is 0 Å². The SMILES string of the molecule is C=CCN(CC(=O)N(Cc1ccccc1)Cc1ccc(C)o1)C(=O)CCC. The molecule has 5 heteroatoms. The lowest BCUT2D eigenvalue weighted by Gasteiger charge is -2.27. The normalized spacial score (nSPS) is 10.4. The Labute approximate surface area is 161 Å². The number of rotatable bonds is 10. The molecular weight excluding hydrogens is 340 g/mol. The zero-order valence-electron chi connectivity index (χ0n) is 16.2. The van der Waals surface area contributed by atoms with Crippen molar-refractivity contribution in [3.63, 3.8) is 0 Å². The Kier molecular flexibility index (Phi) is 7.86. The summed E-state index contributed by atoms with van der Waals surface area (Å²) in [7, 11) is 0. The Hall–Kier alpha value is -2.82. The lowest BCUT2D eigenvalue weighted by Crippen LogP contribution is -2.42. The third kappa shape index (κ3) is 6.44. The van der Waals surface area contributed by atoms with Crippen LogP contribution in [0.15, 0.2) is 59.5 Å². The van der Waals surface area contributed by atoms with Gasteiger partial charge in [0.1, 0.15) is 18.1 Å². The Balaban J connectivity index is 2.15. The molecule has 1 aromatic carbocycles. The van der Waals surface area contributed by atoms with Gasteiger partial charge in [-0.3, -0.25) is 9.59 Å². The summed E-state index contributed by atoms with van der Waals surface area (Å²) >= 11 is 0. The summed E-state index contributed by atoms with van der Waals surface area (Å²) in [6, 6.07) is 13.6. The molecule has 0 radical (unpaired) electrons. The largest absolute Gasteiger partial charge is 0.464 e. The van der Waals surface area contributed by atoms with Gasteiger partial charge in [-0.25, -0.2) is 0 Å². The van der Waals surface area contributed by atoms with Crippen molar-refractivity contribution in [3.05, 3.63) is 72.2 Å². The van der Waals surface area contributed by atoms with Crippen LogP contribution in [-0.2, 0) is 22.7 Å². The quantitative estimate of drug-likeness (QED) is 0.597. The summed E-state index contributed by atoms with van der Waals surface area (Å²) in [4.78, 5) is 28.6. The second-order valence-corrected chi connectivity index (χ2v) is 6.56. The van der Waals surface area contributed by atoms with E-state index in [-0.39, 0.29) is 18.4 Å². The number of furan rings is 1. The summed E-state index contributed by atoms with van der Waals surface area (Å²) < 4.78 is 5.65. The number of nitrogens with zero attached hydrogens (tertiary/aromatic N) is 2. The molecule has 5 nitrogen and oxygen atoms in total. The van der Waals surface area contributed by atoms with E-state index in [2.05, 4.69) is 6.58 Å². The minimum Gasteiger partial charge on any atom is -0.464 e. The Morgan fingerprint density at radius 2 is 1.78 bits per heavy atom. The van der Waals surface area contributed by atoms with Gasteiger partial charge in [0.2, 0.25) is 11.8 Å². The lowest BCUT2D eigenvalue weighted by molar-refractivity contribution is -0.141. The summed E-state index contributed by atoms with van der Waals surface area (Å²) in [5.41, 5.74) is 1.03. The molecule has 0 saturated heterocycles. The van der Waals surface area contributed by atoms with Crippen molar-refractivity contribution in [3.8, 4) is 0 Å². The number of hydrogen-bond donors (Lipinski definition) is 0. The molecule has 0 spiro atoms. The molecule has 144 valence electrons. The van der Waals surface area contributed by atoms with Gasteiger partial charge in [-0.15, -0.1) is 6.58 Å². The highest BCUT2D eigenvalue weighted by atomic mass is 16.3. The number of benzene rings is 1. The van der Waals surface area contributed by atoms with Gasteiger partial charge in [0.25, 0.3) is 0 Å². The van der Waals surface area contributed by atoms with Crippen molar-refractivity contribution in [1.82, 2.24) is 9.80 Å². The summed E-state index contributed by atoms with van der Waals surface area (Å²) in [6.07, 6.45) is 2.83. The maximum Gasteiger partial charge on any atom is 0.242 e. The highest BCUT2D eigenvalue weighted by molar-refractivity contribution is 5.85. The molecule has 27 heavy (non-hydrogen) atoms. The van der Waals surface area contributed by atoms with Crippen LogP contribution in [0, 0.1) is 6.92 Å². The zero-order valence-corrected chi connectivity index (χ0v) is 16.2. The fourth-order valence-electron chi connectivity index (χ4n) is 2.84. The Morgan fingerprint density at radius 3 is 2.37 bits per heavy atom. The second-order valence-electron chi connectivity index (χ2n) is 6.56. The van der Waals surface area contributed by atoms with Crippen molar-refractivity contribution in [2.24, 2.45) is 0 Å². The first-order valence-electron chi connectivity index (χ1n) is 9.29. The number of hydrogen-bond acceptors (Lipinski definition) is 3. The van der Waals surface area contributed by atoms with Gasteiger partial charge in [-0.2, -0.15) is 0 Å². The maximum atomic E-state index is 13.0. The van der Waals surface area contributed by atoms with Crippen LogP contribution in [0.3, 0.4) is 0 Å². The molecule has 0 bridgehead atoms. The van der Waals surface area contributed by atoms with E-state index < -0.39 is 0 Å². The van der Waals surface area contributed by atoms with Gasteiger partial charge < -0.3 is 14.2 Å². The first-order valence-corrected chi connectivity index (χ1v) is 9.29. The first-order chi connectivity index (χ1) is 13.0. The highest BCUT2D eigenvalue weighted by Crippen LogP contribution is 2.14. The second kappa shape index (κ2) is 10.4. The van der Waals surface area contributed by atoms with Gasteiger partial charge in [-0.1, -0.05) is 43.3 Å². The standard InChI is InChI=1S/C22H28N2O3/c1-4-9-21(25)23(14-5-2)17-22(26)24(15-19-10-7-6-8-11-19)16-20-13-12-18(3)27-20/h5-8,10-13H,2,4,9,14-17H2,1,3H3. The summed E-state index contributed by atoms with van der Waals surface area (Å²) in [6.45, 7) is 8.76. The molecule has 0 aliphatic rings. The monoisotopic (exact) mass is 368 g/mol. The van der Waals surface area contributed by atoms with E-state index in [1.807, 2.05) is 56.3 Å². The number of amides is 2. The molecular formula is C22H28N2O3. The van der Waals surface area contributed by atoms with Crippen LogP contribution in [0.2, 0.25) is 0 Å². The Bertz CT molecular complexity index is 752. The molecule has 0 unspecified atom stereocenters. The molecule has 0 aliphatic heterocycles. The van der Waals surface area contributed by atoms with E-state index in [4.69, 9.17) is 4.42 Å². The van der Waals surface area contributed by atoms with E-state index in [0.29, 0.717) is 26.1 Å². The molecule has 2 rings (SSSR count). The average molecular weight is 368 g/mol. The maximum absolute atomic E-state index is 13.0. The topological polar surface area (TPSA) is 53.8 Å². The summed E-state index contributed by atoms with van der Waals surface area (Å²) in [5.74, 6) is 1.40. The molecule has 0 saturated carbocycles. The molecule has 1 aromatic heterocycles. The molecule has 2 amide bonds. The molecule has 0 N–H and O–H groups in total. The van der Waals surface area contributed by atoms with Crippen LogP contribution in [0.5, 0.6) is 0 Å². The van der Waals surface area contributed by atoms with Gasteiger partial charge in [0.05, 0.1) is 6.54 Å². The van der Waals surface area contributed by atoms with Crippen LogP contribution in [-0.4, -0.2) is 34.7 Å². The molecule has 2 aromatic rings. The van der Waals surface area contributed by atoms with E-state index >= 15 is 0 Å². The van der Waals surface area contributed by atoms with Gasteiger partial charge >= 0.3 is 0 Å². The van der Waals surface area contributed by atoms with Crippen molar-refractivity contribution < 1.29 is 14.0 Å². The van der Waals surface area contributed by atoms with Gasteiger partial charge in [-0.05, 0) is 31.0 Å². The van der Waals surface area contributed by atoms with E-state index in [1.54, 1.807) is 15.9 Å². The van der Waals surface area contributed by atoms with Crippen molar-refractivity contribution >= 4 is 11.8 Å². The first kappa shape index (κ1) is 20.5.